The Hall–Kier alpha value is -0.580. The first-order valence-electron chi connectivity index (χ1n) is 3.17. The van der Waals surface area contributed by atoms with Crippen LogP contribution in [-0.2, 0) is 10.0 Å². The van der Waals surface area contributed by atoms with Crippen LogP contribution in [-0.4, -0.2) is 8.42 Å². The Morgan fingerprint density at radius 1 is 1.42 bits per heavy atom. The fourth-order valence-electron chi connectivity index (χ4n) is 0.879. The van der Waals surface area contributed by atoms with Gasteiger partial charge in [0.15, 0.2) is 0 Å². The Morgan fingerprint density at radius 2 is 2.00 bits per heavy atom. The molecule has 0 spiro atoms. The molecule has 3 nitrogen and oxygen atoms in total. The summed E-state index contributed by atoms with van der Waals surface area (Å²) in [5.41, 5.74) is 0.425. The molecule has 1 N–H and O–H groups in total. The smallest absolute Gasteiger partial charge is 0.206 e. The zero-order chi connectivity index (χ0) is 9.35. The van der Waals surface area contributed by atoms with E-state index < -0.39 is 10.0 Å². The number of benzene rings is 1. The summed E-state index contributed by atoms with van der Waals surface area (Å²) in [6, 6.07) is 4.46. The van der Waals surface area contributed by atoms with Gasteiger partial charge in [-0.25, -0.2) is 8.42 Å². The van der Waals surface area contributed by atoms with Crippen LogP contribution in [0, 0.1) is 6.92 Å². The van der Waals surface area contributed by atoms with Crippen LogP contribution in [0.5, 0.6) is 0 Å². The molecule has 65 valence electrons. The van der Waals surface area contributed by atoms with Crippen molar-refractivity contribution in [2.45, 2.75) is 11.8 Å². The predicted octanol–water partition coefficient (Wildman–Crippen LogP) is 1.62. The highest BCUT2D eigenvalue weighted by molar-refractivity contribution is 7.88. The van der Waals surface area contributed by atoms with Crippen LogP contribution in [0.4, 0.5) is 0 Å². The number of rotatable bonds is 1. The van der Waals surface area contributed by atoms with Gasteiger partial charge in [-0.1, -0.05) is 17.7 Å². The molecule has 12 heavy (non-hydrogen) atoms. The fraction of sp³-hybridized carbons (Fsp3) is 0.143. The van der Waals surface area contributed by atoms with Crippen molar-refractivity contribution < 1.29 is 8.42 Å². The van der Waals surface area contributed by atoms with Gasteiger partial charge in [0, 0.05) is 5.02 Å². The van der Waals surface area contributed by atoms with Crippen LogP contribution in [0.1, 0.15) is 5.56 Å². The second kappa shape index (κ2) is 3.05. The zero-order valence-electron chi connectivity index (χ0n) is 6.33. The van der Waals surface area contributed by atoms with Gasteiger partial charge in [-0.15, -0.1) is 5.14 Å². The first kappa shape index (κ1) is 9.51. The number of nitrogens with one attached hydrogen (secondary N) is 1. The standard InChI is InChI=1S/C7H7ClNO2S/c1-5-6(8)3-2-4-7(5)12(9,10)11/h2-4,9H,1H3. The fourth-order valence-corrected chi connectivity index (χ4v) is 1.88. The van der Waals surface area contributed by atoms with Crippen molar-refractivity contribution in [2.75, 3.05) is 0 Å². The van der Waals surface area contributed by atoms with Crippen molar-refractivity contribution in [1.29, 1.82) is 0 Å². The molecule has 1 radical (unpaired) electrons. The predicted molar refractivity (Wildman–Crippen MR) is 46.5 cm³/mol. The van der Waals surface area contributed by atoms with Gasteiger partial charge in [0.2, 0.25) is 0 Å². The van der Waals surface area contributed by atoms with E-state index in [1.807, 2.05) is 0 Å². The third-order valence-electron chi connectivity index (χ3n) is 1.51. The highest BCUT2D eigenvalue weighted by Gasteiger charge is 2.12. The van der Waals surface area contributed by atoms with Gasteiger partial charge in [0.25, 0.3) is 10.0 Å². The lowest BCUT2D eigenvalue weighted by atomic mass is 10.2. The van der Waals surface area contributed by atoms with Gasteiger partial charge >= 0.3 is 0 Å². The first-order chi connectivity index (χ1) is 5.43. The highest BCUT2D eigenvalue weighted by atomic mass is 35.5. The molecule has 1 aromatic rings. The summed E-state index contributed by atoms with van der Waals surface area (Å²) in [6.07, 6.45) is 0. The van der Waals surface area contributed by atoms with E-state index >= 15 is 0 Å². The third-order valence-corrected chi connectivity index (χ3v) is 2.94. The Bertz CT molecular complexity index is 400. The number of sulfonamides is 1. The van der Waals surface area contributed by atoms with Gasteiger partial charge in [-0.05, 0) is 24.6 Å². The Labute approximate surface area is 76.2 Å². The lowest BCUT2D eigenvalue weighted by Gasteiger charge is -2.02. The molecule has 0 aliphatic rings. The molecular formula is C7H7ClNO2S. The van der Waals surface area contributed by atoms with Crippen LogP contribution >= 0.6 is 11.6 Å². The summed E-state index contributed by atoms with van der Waals surface area (Å²) in [5.74, 6) is 0. The number of hydrogen-bond donors (Lipinski definition) is 0. The van der Waals surface area contributed by atoms with Crippen molar-refractivity contribution in [2.24, 2.45) is 0 Å². The minimum atomic E-state index is -3.89. The SMILES string of the molecule is Cc1c(Cl)cccc1S([NH])(=O)=O. The van der Waals surface area contributed by atoms with E-state index in [-0.39, 0.29) is 4.90 Å². The van der Waals surface area contributed by atoms with Gasteiger partial charge in [-0.3, -0.25) is 0 Å². The molecule has 0 saturated heterocycles. The molecule has 1 aromatic carbocycles. The first-order valence-corrected chi connectivity index (χ1v) is 5.04. The van der Waals surface area contributed by atoms with E-state index in [9.17, 15) is 8.42 Å². The average Bonchev–Trinajstić information content (AvgIpc) is 1.92. The van der Waals surface area contributed by atoms with Gasteiger partial charge < -0.3 is 0 Å². The Kier molecular flexibility index (Phi) is 2.41. The maximum absolute atomic E-state index is 10.8. The second-order valence-electron chi connectivity index (χ2n) is 2.37. The lowest BCUT2D eigenvalue weighted by molar-refractivity contribution is 0.595. The molecule has 0 bridgehead atoms. The molecule has 1 rings (SSSR count). The van der Waals surface area contributed by atoms with E-state index in [2.05, 4.69) is 0 Å². The molecule has 5 heteroatoms. The molecule has 0 atom stereocenters. The summed E-state index contributed by atoms with van der Waals surface area (Å²) in [5, 5.41) is 7.19. The highest BCUT2D eigenvalue weighted by Crippen LogP contribution is 2.21. The maximum Gasteiger partial charge on any atom is 0.254 e. The van der Waals surface area contributed by atoms with Gasteiger partial charge in [-0.2, -0.15) is 0 Å². The zero-order valence-corrected chi connectivity index (χ0v) is 7.91. The second-order valence-corrected chi connectivity index (χ2v) is 4.22. The minimum absolute atomic E-state index is 0.0324. The molecule has 0 aliphatic carbocycles. The van der Waals surface area contributed by atoms with E-state index in [4.69, 9.17) is 16.7 Å². The van der Waals surface area contributed by atoms with Gasteiger partial charge in [0.05, 0.1) is 4.90 Å². The maximum atomic E-state index is 10.8. The van der Waals surface area contributed by atoms with Crippen LogP contribution in [0.25, 0.3) is 0 Å². The molecule has 0 aromatic heterocycles. The van der Waals surface area contributed by atoms with Crippen LogP contribution in [0.2, 0.25) is 5.02 Å². The largest absolute Gasteiger partial charge is 0.254 e. The van der Waals surface area contributed by atoms with Crippen LogP contribution in [0.3, 0.4) is 0 Å². The number of halogens is 1. The normalized spacial score (nSPS) is 11.6. The molecular weight excluding hydrogens is 198 g/mol. The van der Waals surface area contributed by atoms with Gasteiger partial charge in [0.1, 0.15) is 0 Å². The Balaban J connectivity index is 3.47. The molecule has 0 amide bonds. The third kappa shape index (κ3) is 1.77. The molecule has 0 saturated carbocycles. The topological polar surface area (TPSA) is 57.9 Å². The van der Waals surface area contributed by atoms with E-state index in [1.165, 1.54) is 12.1 Å². The summed E-state index contributed by atoms with van der Waals surface area (Å²) < 4.78 is 21.6. The minimum Gasteiger partial charge on any atom is -0.206 e. The number of hydrogen-bond acceptors (Lipinski definition) is 2. The van der Waals surface area contributed by atoms with Crippen molar-refractivity contribution in [3.63, 3.8) is 0 Å². The van der Waals surface area contributed by atoms with Crippen LogP contribution in [0.15, 0.2) is 23.1 Å². The lowest BCUT2D eigenvalue weighted by Crippen LogP contribution is -2.02. The van der Waals surface area contributed by atoms with E-state index in [0.29, 0.717) is 10.6 Å². The Morgan fingerprint density at radius 3 is 2.42 bits per heavy atom. The molecule has 0 aliphatic heterocycles. The van der Waals surface area contributed by atoms with E-state index in [0.717, 1.165) is 0 Å². The quantitative estimate of drug-likeness (QED) is 0.698. The summed E-state index contributed by atoms with van der Waals surface area (Å²) in [7, 11) is -3.89. The summed E-state index contributed by atoms with van der Waals surface area (Å²) in [4.78, 5) is -0.0324. The van der Waals surface area contributed by atoms with Crippen molar-refractivity contribution in [3.05, 3.63) is 28.8 Å². The van der Waals surface area contributed by atoms with Crippen molar-refractivity contribution in [1.82, 2.24) is 5.14 Å². The van der Waals surface area contributed by atoms with E-state index in [1.54, 1.807) is 13.0 Å². The monoisotopic (exact) mass is 204 g/mol. The van der Waals surface area contributed by atoms with Crippen molar-refractivity contribution in [3.8, 4) is 0 Å². The molecule has 0 heterocycles. The molecule has 0 fully saturated rings. The van der Waals surface area contributed by atoms with Crippen LogP contribution < -0.4 is 5.14 Å². The summed E-state index contributed by atoms with van der Waals surface area (Å²) >= 11 is 5.67. The molecule has 0 unspecified atom stereocenters. The average molecular weight is 205 g/mol. The van der Waals surface area contributed by atoms with Crippen molar-refractivity contribution >= 4 is 21.6 Å². The summed E-state index contributed by atoms with van der Waals surface area (Å²) in [6.45, 7) is 1.57.